The third-order valence-electron chi connectivity index (χ3n) is 6.93. The number of thiophene rings is 1. The second-order valence-electron chi connectivity index (χ2n) is 10.6. The van der Waals surface area contributed by atoms with E-state index in [1.54, 1.807) is 43.9 Å². The van der Waals surface area contributed by atoms with Crippen LogP contribution in [-0.4, -0.2) is 58.3 Å². The van der Waals surface area contributed by atoms with Crippen molar-refractivity contribution >= 4 is 27.5 Å². The number of hydrogen-bond donors (Lipinski definition) is 1. The number of fused-ring (bicyclic) bond motifs is 1. The average Bonchev–Trinajstić information content (AvgIpc) is 3.58. The van der Waals surface area contributed by atoms with Crippen molar-refractivity contribution in [1.82, 2.24) is 24.2 Å². The van der Waals surface area contributed by atoms with Gasteiger partial charge in [-0.05, 0) is 58.9 Å². The Morgan fingerprint density at radius 2 is 1.93 bits per heavy atom. The number of aromatic nitrogens is 4. The van der Waals surface area contributed by atoms with Crippen LogP contribution in [0.15, 0.2) is 46.2 Å². The number of carbonyl (C=O) groups is 1. The first-order valence-electron chi connectivity index (χ1n) is 13.5. The lowest BCUT2D eigenvalue weighted by atomic mass is 10.0. The van der Waals surface area contributed by atoms with Crippen molar-refractivity contribution in [2.24, 2.45) is 0 Å². The molecule has 11 nitrogen and oxygen atoms in total. The zero-order chi connectivity index (χ0) is 30.8. The Kier molecular flexibility index (Phi) is 9.34. The fraction of sp³-hybridized carbons (Fsp3) is 0.448. The first-order chi connectivity index (χ1) is 19.9. The highest BCUT2D eigenvalue weighted by atomic mass is 32.1. The Bertz CT molecular complexity index is 1690. The van der Waals surface area contributed by atoms with E-state index in [4.69, 9.17) is 14.2 Å². The quantitative estimate of drug-likeness (QED) is 0.247. The second kappa shape index (κ2) is 12.6. The number of amides is 1. The monoisotopic (exact) mass is 601 g/mol. The third-order valence-corrected chi connectivity index (χ3v) is 8.23. The zero-order valence-corrected chi connectivity index (χ0v) is 25.6. The van der Waals surface area contributed by atoms with E-state index in [0.29, 0.717) is 26.7 Å². The summed E-state index contributed by atoms with van der Waals surface area (Å²) in [5.41, 5.74) is -1.87. The van der Waals surface area contributed by atoms with Crippen LogP contribution >= 0.6 is 11.3 Å². The molecular weight excluding hydrogens is 565 g/mol. The molecular formula is C29H36FN5O6S. The SMILES string of the molecule is COCCOC(Cn1c(=O)n(C(C)(C)C(=O)NC(C)C)c(=O)c2c(C)c(-n3cccn3)sc21)c1cc(F)ccc1OC. The van der Waals surface area contributed by atoms with E-state index in [2.05, 4.69) is 10.4 Å². The third kappa shape index (κ3) is 5.90. The van der Waals surface area contributed by atoms with Gasteiger partial charge in [-0.1, -0.05) is 11.3 Å². The Labute approximate surface area is 246 Å². The van der Waals surface area contributed by atoms with Crippen molar-refractivity contribution < 1.29 is 23.4 Å². The summed E-state index contributed by atoms with van der Waals surface area (Å²) >= 11 is 1.22. The first-order valence-corrected chi connectivity index (χ1v) is 14.3. The molecule has 1 atom stereocenters. The molecule has 0 aliphatic heterocycles. The van der Waals surface area contributed by atoms with Gasteiger partial charge in [0.2, 0.25) is 5.91 Å². The van der Waals surface area contributed by atoms with Crippen LogP contribution in [0.25, 0.3) is 15.2 Å². The predicted octanol–water partition coefficient (Wildman–Crippen LogP) is 3.53. The van der Waals surface area contributed by atoms with Crippen LogP contribution in [0.3, 0.4) is 0 Å². The van der Waals surface area contributed by atoms with Gasteiger partial charge in [0.25, 0.3) is 5.56 Å². The smallest absolute Gasteiger partial charge is 0.333 e. The Morgan fingerprint density at radius 1 is 1.19 bits per heavy atom. The molecule has 226 valence electrons. The molecule has 1 N–H and O–H groups in total. The van der Waals surface area contributed by atoms with Crippen LogP contribution in [0.2, 0.25) is 0 Å². The van der Waals surface area contributed by atoms with Crippen molar-refractivity contribution in [3.05, 3.63) is 74.4 Å². The number of methoxy groups -OCH3 is 2. The highest BCUT2D eigenvalue weighted by molar-refractivity contribution is 7.21. The fourth-order valence-electron chi connectivity index (χ4n) is 4.77. The van der Waals surface area contributed by atoms with Gasteiger partial charge >= 0.3 is 5.69 Å². The number of nitrogens with one attached hydrogen (secondary N) is 1. The molecule has 3 heterocycles. The van der Waals surface area contributed by atoms with E-state index in [0.717, 1.165) is 4.57 Å². The van der Waals surface area contributed by atoms with E-state index >= 15 is 0 Å². The minimum atomic E-state index is -1.54. The van der Waals surface area contributed by atoms with Gasteiger partial charge in [-0.25, -0.2) is 18.4 Å². The summed E-state index contributed by atoms with van der Waals surface area (Å²) in [6.45, 7) is 8.71. The number of hydrogen-bond acceptors (Lipinski definition) is 8. The molecule has 1 unspecified atom stereocenters. The average molecular weight is 602 g/mol. The Morgan fingerprint density at radius 3 is 2.55 bits per heavy atom. The molecule has 13 heteroatoms. The van der Waals surface area contributed by atoms with Crippen LogP contribution in [0.4, 0.5) is 4.39 Å². The Hall–Kier alpha value is -3.81. The molecule has 4 aromatic rings. The van der Waals surface area contributed by atoms with Crippen molar-refractivity contribution in [2.75, 3.05) is 27.4 Å². The normalized spacial score (nSPS) is 12.7. The van der Waals surface area contributed by atoms with Gasteiger partial charge in [-0.3, -0.25) is 14.2 Å². The van der Waals surface area contributed by atoms with E-state index in [1.165, 1.54) is 62.2 Å². The number of aryl methyl sites for hydroxylation is 1. The Balaban J connectivity index is 2.02. The van der Waals surface area contributed by atoms with Crippen molar-refractivity contribution in [3.63, 3.8) is 0 Å². The van der Waals surface area contributed by atoms with Crippen LogP contribution in [0.1, 0.15) is 44.9 Å². The van der Waals surface area contributed by atoms with Gasteiger partial charge < -0.3 is 19.5 Å². The maximum absolute atomic E-state index is 14.5. The van der Waals surface area contributed by atoms with E-state index in [9.17, 15) is 18.8 Å². The molecule has 3 aromatic heterocycles. The molecule has 0 aliphatic rings. The zero-order valence-electron chi connectivity index (χ0n) is 24.8. The summed E-state index contributed by atoms with van der Waals surface area (Å²) in [5.74, 6) is -0.622. The predicted molar refractivity (Wildman–Crippen MR) is 158 cm³/mol. The molecule has 4 rings (SSSR count). The number of rotatable bonds is 12. The minimum Gasteiger partial charge on any atom is -0.496 e. The van der Waals surface area contributed by atoms with Gasteiger partial charge in [0, 0.05) is 36.7 Å². The van der Waals surface area contributed by atoms with Gasteiger partial charge in [-0.2, -0.15) is 5.10 Å². The topological polar surface area (TPSA) is 119 Å². The maximum Gasteiger partial charge on any atom is 0.333 e. The van der Waals surface area contributed by atoms with E-state index < -0.39 is 34.6 Å². The van der Waals surface area contributed by atoms with Crippen LogP contribution < -0.4 is 21.3 Å². The van der Waals surface area contributed by atoms with Gasteiger partial charge in [0.15, 0.2) is 0 Å². The molecule has 1 amide bonds. The summed E-state index contributed by atoms with van der Waals surface area (Å²) in [4.78, 5) is 42.1. The van der Waals surface area contributed by atoms with Crippen LogP contribution in [-0.2, 0) is 26.4 Å². The lowest BCUT2D eigenvalue weighted by Crippen LogP contribution is -2.56. The number of benzene rings is 1. The lowest BCUT2D eigenvalue weighted by Gasteiger charge is -2.28. The number of nitrogens with zero attached hydrogens (tertiary/aromatic N) is 4. The minimum absolute atomic E-state index is 0.112. The summed E-state index contributed by atoms with van der Waals surface area (Å²) in [6, 6.07) is 5.59. The number of ether oxygens (including phenoxy) is 3. The van der Waals surface area contributed by atoms with Gasteiger partial charge in [-0.15, -0.1) is 0 Å². The van der Waals surface area contributed by atoms with Gasteiger partial charge in [0.05, 0.1) is 32.3 Å². The van der Waals surface area contributed by atoms with Crippen LogP contribution in [0, 0.1) is 12.7 Å². The highest BCUT2D eigenvalue weighted by Gasteiger charge is 2.36. The summed E-state index contributed by atoms with van der Waals surface area (Å²) < 4.78 is 35.3. The van der Waals surface area contributed by atoms with Gasteiger partial charge in [0.1, 0.15) is 33.0 Å². The van der Waals surface area contributed by atoms with Crippen molar-refractivity contribution in [3.8, 4) is 10.8 Å². The van der Waals surface area contributed by atoms with Crippen LogP contribution in [0.5, 0.6) is 5.75 Å². The molecule has 0 aliphatic carbocycles. The molecule has 0 bridgehead atoms. The molecule has 0 radical (unpaired) electrons. The molecule has 0 fully saturated rings. The van der Waals surface area contributed by atoms with Crippen molar-refractivity contribution in [2.45, 2.75) is 58.8 Å². The highest BCUT2D eigenvalue weighted by Crippen LogP contribution is 2.34. The number of carbonyl (C=O) groups excluding carboxylic acids is 1. The molecule has 1 aromatic carbocycles. The molecule has 0 spiro atoms. The number of halogens is 1. The van der Waals surface area contributed by atoms with E-state index in [-0.39, 0.29) is 31.2 Å². The lowest BCUT2D eigenvalue weighted by molar-refractivity contribution is -0.129. The summed E-state index contributed by atoms with van der Waals surface area (Å²) in [5, 5.41) is 8.05. The molecule has 42 heavy (non-hydrogen) atoms. The first kappa shape index (κ1) is 31.1. The summed E-state index contributed by atoms with van der Waals surface area (Å²) in [6.07, 6.45) is 2.48. The van der Waals surface area contributed by atoms with E-state index in [1.807, 2.05) is 0 Å². The molecule has 0 saturated heterocycles. The fourth-order valence-corrected chi connectivity index (χ4v) is 6.02. The standard InChI is InChI=1S/C29H36FN5O6S/c1-17(2)32-27(37)29(4,5)35-24(36)23-18(3)25(34-12-8-11-31-34)42-26(23)33(28(35)38)16-22(41-14-13-39-6)20-15-19(30)9-10-21(20)40-7/h8-12,15,17,22H,13-14,16H2,1-7H3,(H,32,37). The largest absolute Gasteiger partial charge is 0.496 e. The second-order valence-corrected chi connectivity index (χ2v) is 11.6. The van der Waals surface area contributed by atoms with Crippen molar-refractivity contribution in [1.29, 1.82) is 0 Å². The summed E-state index contributed by atoms with van der Waals surface area (Å²) in [7, 11) is 2.99. The maximum atomic E-state index is 14.5. The molecule has 0 saturated carbocycles.